The molecule has 1 fully saturated rings. The highest BCUT2D eigenvalue weighted by molar-refractivity contribution is 5.98. The minimum absolute atomic E-state index is 0.143. The first-order valence-electron chi connectivity index (χ1n) is 8.64. The number of carbonyl (C=O) groups is 3. The Kier molecular flexibility index (Phi) is 5.48. The maximum atomic E-state index is 12.0. The zero-order valence-corrected chi connectivity index (χ0v) is 14.0. The van der Waals surface area contributed by atoms with Gasteiger partial charge in [-0.2, -0.15) is 0 Å². The standard InChI is InChI=1S/C19H22N2O4/c22-17(12-25-19(24)13-5-2-1-3-6-13)20-16-8-4-7-14(11-16)18(23)21-15-9-10-15/h1-2,4,7-8,11,13,15H,3,5-6,9-10,12H2,(H,20,22)(H,21,23). The van der Waals surface area contributed by atoms with Crippen LogP contribution < -0.4 is 10.6 Å². The number of anilines is 1. The van der Waals surface area contributed by atoms with Crippen LogP contribution in [0, 0.1) is 5.92 Å². The third-order valence-electron chi connectivity index (χ3n) is 4.27. The number of carbonyl (C=O) groups excluding carboxylic acids is 3. The van der Waals surface area contributed by atoms with Crippen molar-refractivity contribution in [3.05, 3.63) is 42.0 Å². The van der Waals surface area contributed by atoms with E-state index in [0.717, 1.165) is 25.7 Å². The molecule has 6 nitrogen and oxygen atoms in total. The molecule has 1 aromatic rings. The topological polar surface area (TPSA) is 84.5 Å². The molecule has 0 heterocycles. The molecule has 1 unspecified atom stereocenters. The fourth-order valence-corrected chi connectivity index (χ4v) is 2.69. The molecule has 3 rings (SSSR count). The number of hydrogen-bond acceptors (Lipinski definition) is 4. The van der Waals surface area contributed by atoms with Gasteiger partial charge in [-0.25, -0.2) is 0 Å². The van der Waals surface area contributed by atoms with E-state index in [9.17, 15) is 14.4 Å². The summed E-state index contributed by atoms with van der Waals surface area (Å²) >= 11 is 0. The van der Waals surface area contributed by atoms with Gasteiger partial charge in [0.15, 0.2) is 6.61 Å². The van der Waals surface area contributed by atoms with Gasteiger partial charge < -0.3 is 15.4 Å². The summed E-state index contributed by atoms with van der Waals surface area (Å²) < 4.78 is 5.09. The van der Waals surface area contributed by atoms with Gasteiger partial charge in [-0.15, -0.1) is 0 Å². The molecule has 0 saturated heterocycles. The second kappa shape index (κ2) is 7.96. The van der Waals surface area contributed by atoms with Crippen molar-refractivity contribution in [3.63, 3.8) is 0 Å². The molecule has 1 aromatic carbocycles. The minimum atomic E-state index is -0.417. The average Bonchev–Trinajstić information content (AvgIpc) is 3.44. The van der Waals surface area contributed by atoms with Crippen molar-refractivity contribution in [1.82, 2.24) is 5.32 Å². The van der Waals surface area contributed by atoms with Crippen LogP contribution in [0.2, 0.25) is 0 Å². The van der Waals surface area contributed by atoms with E-state index in [1.54, 1.807) is 24.3 Å². The maximum absolute atomic E-state index is 12.0. The molecular weight excluding hydrogens is 320 g/mol. The first kappa shape index (κ1) is 17.2. The molecule has 0 aromatic heterocycles. The molecule has 2 N–H and O–H groups in total. The zero-order chi connectivity index (χ0) is 17.6. The van der Waals surface area contributed by atoms with Gasteiger partial charge in [-0.05, 0) is 50.3 Å². The summed E-state index contributed by atoms with van der Waals surface area (Å²) in [5.74, 6) is -1.06. The van der Waals surface area contributed by atoms with Crippen LogP contribution >= 0.6 is 0 Å². The van der Waals surface area contributed by atoms with E-state index in [2.05, 4.69) is 10.6 Å². The van der Waals surface area contributed by atoms with Crippen LogP contribution in [0.15, 0.2) is 36.4 Å². The molecule has 25 heavy (non-hydrogen) atoms. The van der Waals surface area contributed by atoms with Crippen molar-refractivity contribution >= 4 is 23.5 Å². The fraction of sp³-hybridized carbons (Fsp3) is 0.421. The third kappa shape index (κ3) is 5.17. The van der Waals surface area contributed by atoms with Crippen LogP contribution in [0.3, 0.4) is 0 Å². The lowest BCUT2D eigenvalue weighted by molar-refractivity contribution is -0.151. The minimum Gasteiger partial charge on any atom is -0.455 e. The smallest absolute Gasteiger partial charge is 0.309 e. The largest absolute Gasteiger partial charge is 0.455 e. The number of allylic oxidation sites excluding steroid dienone is 2. The predicted molar refractivity (Wildman–Crippen MR) is 93.0 cm³/mol. The molecule has 1 atom stereocenters. The SMILES string of the molecule is O=C(COC(=O)C1CC=CCC1)Nc1cccc(C(=O)NC2CC2)c1. The monoisotopic (exact) mass is 342 g/mol. The van der Waals surface area contributed by atoms with Gasteiger partial charge in [0.05, 0.1) is 5.92 Å². The van der Waals surface area contributed by atoms with E-state index in [0.29, 0.717) is 17.7 Å². The predicted octanol–water partition coefficient (Wildman–Crippen LogP) is 2.42. The maximum Gasteiger partial charge on any atom is 0.309 e. The van der Waals surface area contributed by atoms with Crippen molar-refractivity contribution < 1.29 is 19.1 Å². The summed E-state index contributed by atoms with van der Waals surface area (Å²) in [5.41, 5.74) is 1.00. The van der Waals surface area contributed by atoms with Gasteiger partial charge in [-0.3, -0.25) is 14.4 Å². The van der Waals surface area contributed by atoms with E-state index in [1.807, 2.05) is 12.2 Å². The number of esters is 1. The lowest BCUT2D eigenvalue weighted by Crippen LogP contribution is -2.26. The summed E-state index contributed by atoms with van der Waals surface area (Å²) in [7, 11) is 0. The van der Waals surface area contributed by atoms with Crippen LogP contribution in [0.5, 0.6) is 0 Å². The molecule has 2 aliphatic rings. The summed E-state index contributed by atoms with van der Waals surface area (Å²) in [5, 5.41) is 5.55. The molecule has 0 aliphatic heterocycles. The highest BCUT2D eigenvalue weighted by atomic mass is 16.5. The van der Waals surface area contributed by atoms with E-state index in [-0.39, 0.29) is 30.4 Å². The van der Waals surface area contributed by atoms with Crippen LogP contribution in [0.4, 0.5) is 5.69 Å². The number of amides is 2. The molecule has 0 spiro atoms. The van der Waals surface area contributed by atoms with Crippen LogP contribution in [0.1, 0.15) is 42.5 Å². The van der Waals surface area contributed by atoms with Crippen LogP contribution in [0.25, 0.3) is 0 Å². The van der Waals surface area contributed by atoms with E-state index in [1.165, 1.54) is 0 Å². The number of benzene rings is 1. The second-order valence-corrected chi connectivity index (χ2v) is 6.47. The summed E-state index contributed by atoms with van der Waals surface area (Å²) in [6.45, 7) is -0.322. The van der Waals surface area contributed by atoms with Crippen molar-refractivity contribution in [3.8, 4) is 0 Å². The molecule has 0 bridgehead atoms. The molecular formula is C19H22N2O4. The van der Waals surface area contributed by atoms with Gasteiger partial charge in [0, 0.05) is 17.3 Å². The van der Waals surface area contributed by atoms with Crippen LogP contribution in [-0.4, -0.2) is 30.4 Å². The summed E-state index contributed by atoms with van der Waals surface area (Å²) in [6, 6.07) is 6.99. The zero-order valence-electron chi connectivity index (χ0n) is 14.0. The Morgan fingerprint density at radius 1 is 1.12 bits per heavy atom. The Bertz CT molecular complexity index is 694. The molecule has 2 aliphatic carbocycles. The first-order valence-corrected chi connectivity index (χ1v) is 8.64. The van der Waals surface area contributed by atoms with Gasteiger partial charge in [0.1, 0.15) is 0 Å². The summed E-state index contributed by atoms with van der Waals surface area (Å²) in [4.78, 5) is 35.9. The fourth-order valence-electron chi connectivity index (χ4n) is 2.69. The molecule has 2 amide bonds. The van der Waals surface area contributed by atoms with Crippen molar-refractivity contribution in [2.75, 3.05) is 11.9 Å². The van der Waals surface area contributed by atoms with Crippen molar-refractivity contribution in [2.45, 2.75) is 38.1 Å². The highest BCUT2D eigenvalue weighted by Gasteiger charge is 2.24. The molecule has 0 radical (unpaired) electrons. The second-order valence-electron chi connectivity index (χ2n) is 6.47. The van der Waals surface area contributed by atoms with E-state index < -0.39 is 5.91 Å². The van der Waals surface area contributed by atoms with E-state index >= 15 is 0 Å². The van der Waals surface area contributed by atoms with Crippen molar-refractivity contribution in [2.24, 2.45) is 5.92 Å². The lowest BCUT2D eigenvalue weighted by Gasteiger charge is -2.16. The quantitative estimate of drug-likeness (QED) is 0.614. The number of ether oxygens (including phenoxy) is 1. The van der Waals surface area contributed by atoms with E-state index in [4.69, 9.17) is 4.74 Å². The Hall–Kier alpha value is -2.63. The Labute approximate surface area is 146 Å². The average molecular weight is 342 g/mol. The van der Waals surface area contributed by atoms with Gasteiger partial charge in [0.25, 0.3) is 11.8 Å². The Morgan fingerprint density at radius 2 is 1.96 bits per heavy atom. The van der Waals surface area contributed by atoms with Gasteiger partial charge >= 0.3 is 5.97 Å². The van der Waals surface area contributed by atoms with Gasteiger partial charge in [0.2, 0.25) is 0 Å². The van der Waals surface area contributed by atoms with Crippen LogP contribution in [-0.2, 0) is 14.3 Å². The number of hydrogen-bond donors (Lipinski definition) is 2. The normalized spacial score (nSPS) is 19.1. The molecule has 132 valence electrons. The molecule has 1 saturated carbocycles. The van der Waals surface area contributed by atoms with Gasteiger partial charge in [-0.1, -0.05) is 18.2 Å². The highest BCUT2D eigenvalue weighted by Crippen LogP contribution is 2.20. The first-order chi connectivity index (χ1) is 12.1. The summed E-state index contributed by atoms with van der Waals surface area (Å²) in [6.07, 6.45) is 8.33. The van der Waals surface area contributed by atoms with Crippen molar-refractivity contribution in [1.29, 1.82) is 0 Å². The lowest BCUT2D eigenvalue weighted by atomic mass is 9.95. The molecule has 6 heteroatoms. The third-order valence-corrected chi connectivity index (χ3v) is 4.27. The Balaban J connectivity index is 1.47. The number of rotatable bonds is 6. The Morgan fingerprint density at radius 3 is 2.68 bits per heavy atom. The number of nitrogens with one attached hydrogen (secondary N) is 2.